The zero-order chi connectivity index (χ0) is 13.4. The van der Waals surface area contributed by atoms with Crippen molar-refractivity contribution >= 4 is 0 Å². The van der Waals surface area contributed by atoms with Crippen LogP contribution in [0.2, 0.25) is 0 Å². The lowest BCUT2D eigenvalue weighted by Gasteiger charge is -2.19. The van der Waals surface area contributed by atoms with E-state index in [1.54, 1.807) is 24.3 Å². The molecule has 0 aromatic heterocycles. The summed E-state index contributed by atoms with van der Waals surface area (Å²) in [5, 5.41) is 27.1. The van der Waals surface area contributed by atoms with Crippen molar-refractivity contribution in [2.45, 2.75) is 6.10 Å². The first-order chi connectivity index (χ1) is 8.65. The van der Waals surface area contributed by atoms with Gasteiger partial charge in [0.25, 0.3) is 0 Å². The molecule has 0 radical (unpaired) electrons. The van der Waals surface area contributed by atoms with Crippen LogP contribution in [0.1, 0.15) is 5.56 Å². The lowest BCUT2D eigenvalue weighted by Crippen LogP contribution is -2.34. The lowest BCUT2D eigenvalue weighted by atomic mass is 10.2. The second-order valence-electron chi connectivity index (χ2n) is 4.09. The Morgan fingerprint density at radius 3 is 2.61 bits per heavy atom. The van der Waals surface area contributed by atoms with Gasteiger partial charge in [-0.25, -0.2) is 0 Å². The van der Waals surface area contributed by atoms with Crippen LogP contribution in [0.5, 0.6) is 5.75 Å². The maximum absolute atomic E-state index is 9.71. The number of hydrogen-bond acceptors (Lipinski definition) is 5. The Labute approximate surface area is 107 Å². The summed E-state index contributed by atoms with van der Waals surface area (Å²) in [6.07, 6.45) is -0.614. The van der Waals surface area contributed by atoms with Crippen molar-refractivity contribution in [1.29, 1.82) is 5.26 Å². The summed E-state index contributed by atoms with van der Waals surface area (Å²) in [5.74, 6) is 0.623. The average molecular weight is 250 g/mol. The predicted octanol–water partition coefficient (Wildman–Crippen LogP) is 0.222. The number of nitrogens with zero attached hydrogens (tertiary/aromatic N) is 2. The minimum absolute atomic E-state index is 0.0691. The van der Waals surface area contributed by atoms with Gasteiger partial charge in [-0.3, -0.25) is 0 Å². The number of nitriles is 1. The van der Waals surface area contributed by atoms with E-state index in [2.05, 4.69) is 0 Å². The second kappa shape index (κ2) is 7.67. The van der Waals surface area contributed by atoms with Gasteiger partial charge < -0.3 is 19.8 Å². The highest BCUT2D eigenvalue weighted by molar-refractivity contribution is 5.34. The van der Waals surface area contributed by atoms with Gasteiger partial charge in [-0.2, -0.15) is 5.26 Å². The summed E-state index contributed by atoms with van der Waals surface area (Å²) >= 11 is 0. The number of likely N-dealkylation sites (N-methyl/N-ethyl adjacent to an activating group) is 1. The summed E-state index contributed by atoms with van der Waals surface area (Å²) < 4.78 is 5.40. The number of benzene rings is 1. The first-order valence-corrected chi connectivity index (χ1v) is 5.76. The van der Waals surface area contributed by atoms with Crippen LogP contribution in [0.15, 0.2) is 24.3 Å². The van der Waals surface area contributed by atoms with Crippen molar-refractivity contribution in [2.75, 3.05) is 33.4 Å². The van der Waals surface area contributed by atoms with Crippen molar-refractivity contribution in [1.82, 2.24) is 4.90 Å². The van der Waals surface area contributed by atoms with Crippen LogP contribution < -0.4 is 4.74 Å². The van der Waals surface area contributed by atoms with Crippen molar-refractivity contribution in [3.8, 4) is 11.8 Å². The van der Waals surface area contributed by atoms with Gasteiger partial charge in [-0.1, -0.05) is 0 Å². The number of ether oxygens (including phenoxy) is 1. The summed E-state index contributed by atoms with van der Waals surface area (Å²) in [6, 6.07) is 8.75. The van der Waals surface area contributed by atoms with E-state index >= 15 is 0 Å². The van der Waals surface area contributed by atoms with Gasteiger partial charge >= 0.3 is 0 Å². The van der Waals surface area contributed by atoms with E-state index in [4.69, 9.17) is 15.1 Å². The minimum Gasteiger partial charge on any atom is -0.491 e. The Kier molecular flexibility index (Phi) is 6.15. The van der Waals surface area contributed by atoms with Crippen LogP contribution >= 0.6 is 0 Å². The minimum atomic E-state index is -0.614. The first-order valence-electron chi connectivity index (χ1n) is 5.76. The molecule has 0 fully saturated rings. The summed E-state index contributed by atoms with van der Waals surface area (Å²) in [5.41, 5.74) is 0.575. The zero-order valence-electron chi connectivity index (χ0n) is 10.4. The number of hydrogen-bond donors (Lipinski definition) is 2. The molecular weight excluding hydrogens is 232 g/mol. The molecule has 0 unspecified atom stereocenters. The first kappa shape index (κ1) is 14.5. The summed E-state index contributed by atoms with van der Waals surface area (Å²) in [7, 11) is 1.82. The molecule has 0 bridgehead atoms. The Balaban J connectivity index is 2.33. The quantitative estimate of drug-likeness (QED) is 0.724. The molecule has 98 valence electrons. The van der Waals surface area contributed by atoms with Gasteiger partial charge in [0.2, 0.25) is 0 Å². The molecule has 0 heterocycles. The fourth-order valence-corrected chi connectivity index (χ4v) is 1.49. The van der Waals surface area contributed by atoms with Crippen LogP contribution in [-0.4, -0.2) is 54.6 Å². The molecule has 5 heteroatoms. The lowest BCUT2D eigenvalue weighted by molar-refractivity contribution is 0.0711. The number of aliphatic hydroxyl groups excluding tert-OH is 2. The van der Waals surface area contributed by atoms with Gasteiger partial charge in [0.1, 0.15) is 18.5 Å². The normalized spacial score (nSPS) is 12.2. The third kappa shape index (κ3) is 5.15. The molecule has 1 rings (SSSR count). The molecule has 0 saturated heterocycles. The van der Waals surface area contributed by atoms with Gasteiger partial charge in [0.15, 0.2) is 0 Å². The Morgan fingerprint density at radius 1 is 1.39 bits per heavy atom. The summed E-state index contributed by atoms with van der Waals surface area (Å²) in [6.45, 7) is 1.21. The molecule has 0 spiro atoms. The third-order valence-electron chi connectivity index (χ3n) is 2.43. The smallest absolute Gasteiger partial charge is 0.119 e. The molecule has 1 aromatic carbocycles. The maximum atomic E-state index is 9.71. The van der Waals surface area contributed by atoms with E-state index in [0.29, 0.717) is 24.4 Å². The van der Waals surface area contributed by atoms with Crippen LogP contribution in [0.4, 0.5) is 0 Å². The highest BCUT2D eigenvalue weighted by Gasteiger charge is 2.08. The SMILES string of the molecule is CN(CCO)C[C@H](O)COc1ccc(C#N)cc1. The zero-order valence-corrected chi connectivity index (χ0v) is 10.4. The van der Waals surface area contributed by atoms with E-state index in [1.807, 2.05) is 18.0 Å². The molecular formula is C13H18N2O3. The van der Waals surface area contributed by atoms with E-state index in [9.17, 15) is 5.11 Å². The Morgan fingerprint density at radius 2 is 2.06 bits per heavy atom. The van der Waals surface area contributed by atoms with Crippen LogP contribution in [-0.2, 0) is 0 Å². The number of aliphatic hydroxyl groups is 2. The van der Waals surface area contributed by atoms with E-state index in [-0.39, 0.29) is 13.2 Å². The number of rotatable bonds is 7. The van der Waals surface area contributed by atoms with Crippen LogP contribution in [0.3, 0.4) is 0 Å². The van der Waals surface area contributed by atoms with Crippen LogP contribution in [0.25, 0.3) is 0 Å². The molecule has 5 nitrogen and oxygen atoms in total. The molecule has 1 aromatic rings. The molecule has 0 amide bonds. The van der Waals surface area contributed by atoms with Gasteiger partial charge in [-0.05, 0) is 31.3 Å². The van der Waals surface area contributed by atoms with E-state index in [1.165, 1.54) is 0 Å². The van der Waals surface area contributed by atoms with Crippen molar-refractivity contribution in [3.63, 3.8) is 0 Å². The van der Waals surface area contributed by atoms with E-state index in [0.717, 1.165) is 0 Å². The highest BCUT2D eigenvalue weighted by atomic mass is 16.5. The van der Waals surface area contributed by atoms with Gasteiger partial charge in [-0.15, -0.1) is 0 Å². The summed E-state index contributed by atoms with van der Waals surface area (Å²) in [4.78, 5) is 1.83. The van der Waals surface area contributed by atoms with Crippen molar-refractivity contribution in [3.05, 3.63) is 29.8 Å². The monoisotopic (exact) mass is 250 g/mol. The Bertz CT molecular complexity index is 386. The van der Waals surface area contributed by atoms with Crippen molar-refractivity contribution in [2.24, 2.45) is 0 Å². The predicted molar refractivity (Wildman–Crippen MR) is 67.2 cm³/mol. The molecule has 0 aliphatic heterocycles. The van der Waals surface area contributed by atoms with Gasteiger partial charge in [0.05, 0.1) is 18.2 Å². The fraction of sp³-hybridized carbons (Fsp3) is 0.462. The second-order valence-corrected chi connectivity index (χ2v) is 4.09. The maximum Gasteiger partial charge on any atom is 0.119 e. The molecule has 18 heavy (non-hydrogen) atoms. The standard InChI is InChI=1S/C13H18N2O3/c1-15(6-7-16)9-12(17)10-18-13-4-2-11(8-14)3-5-13/h2-5,12,16-17H,6-7,9-10H2,1H3/t12-/m0/s1. The fourth-order valence-electron chi connectivity index (χ4n) is 1.49. The highest BCUT2D eigenvalue weighted by Crippen LogP contribution is 2.11. The molecule has 2 N–H and O–H groups in total. The molecule has 0 saturated carbocycles. The largest absolute Gasteiger partial charge is 0.491 e. The average Bonchev–Trinajstić information content (AvgIpc) is 2.37. The molecule has 1 atom stereocenters. The van der Waals surface area contributed by atoms with Gasteiger partial charge in [0, 0.05) is 13.1 Å². The molecule has 0 aliphatic rings. The molecule has 0 aliphatic carbocycles. The Hall–Kier alpha value is -1.61. The van der Waals surface area contributed by atoms with Crippen LogP contribution in [0, 0.1) is 11.3 Å². The van der Waals surface area contributed by atoms with E-state index < -0.39 is 6.10 Å². The topological polar surface area (TPSA) is 76.7 Å². The van der Waals surface area contributed by atoms with Crippen molar-refractivity contribution < 1.29 is 14.9 Å². The third-order valence-corrected chi connectivity index (χ3v) is 2.43.